The number of pyridine rings is 1. The fourth-order valence-corrected chi connectivity index (χ4v) is 3.36. The van der Waals surface area contributed by atoms with Gasteiger partial charge in [-0.2, -0.15) is 59.7 Å². The Morgan fingerprint density at radius 1 is 0.763 bits per heavy atom. The molecule has 0 aliphatic rings. The quantitative estimate of drug-likeness (QED) is 0.213. The Hall–Kier alpha value is -4.13. The normalized spacial score (nSPS) is 9.89. The van der Waals surface area contributed by atoms with Crippen LogP contribution in [-0.2, 0) is 34.2 Å². The van der Waals surface area contributed by atoms with Gasteiger partial charge in [0.05, 0.1) is 14.1 Å². The van der Waals surface area contributed by atoms with Gasteiger partial charge in [0.1, 0.15) is 0 Å². The van der Waals surface area contributed by atoms with Crippen LogP contribution in [0.25, 0.3) is 22.8 Å². The molecule has 1 radical (unpaired) electrons. The molecule has 0 amide bonds. The van der Waals surface area contributed by atoms with Crippen LogP contribution in [0.1, 0.15) is 11.1 Å². The van der Waals surface area contributed by atoms with Gasteiger partial charge in [0.25, 0.3) is 0 Å². The predicted molar refractivity (Wildman–Crippen MR) is 139 cm³/mol. The van der Waals surface area contributed by atoms with Gasteiger partial charge in [-0.1, -0.05) is 43.0 Å². The topological polar surface area (TPSA) is 57.5 Å². The number of hydrogen-bond acceptors (Lipinski definition) is 2. The standard InChI is InChI=1S/2C11H11N2.C8H6N3.Ir/c2*1-10-4-3-5-11(8-10)13-7-6-12(2)9-13;1-2-5-9-7(3-1)8-4-6-10-11-8;/h2*3-4,6-8H,1-2H3;1-6H;/q3*-1;. The number of hydrogen-bond donors (Lipinski definition) is 0. The molecule has 6 aromatic rings. The van der Waals surface area contributed by atoms with Crippen LogP contribution in [0.2, 0.25) is 0 Å². The zero-order valence-electron chi connectivity index (χ0n) is 21.7. The van der Waals surface area contributed by atoms with Crippen molar-refractivity contribution in [3.63, 3.8) is 0 Å². The Labute approximate surface area is 237 Å². The number of benzene rings is 2. The van der Waals surface area contributed by atoms with E-state index in [1.54, 1.807) is 12.4 Å². The van der Waals surface area contributed by atoms with Gasteiger partial charge >= 0.3 is 0 Å². The molecular formula is C30H28IrN7-3. The van der Waals surface area contributed by atoms with Crippen molar-refractivity contribution in [2.45, 2.75) is 13.8 Å². The minimum absolute atomic E-state index is 0. The third-order valence-corrected chi connectivity index (χ3v) is 5.20. The summed E-state index contributed by atoms with van der Waals surface area (Å²) in [4.78, 5) is 4.12. The summed E-state index contributed by atoms with van der Waals surface area (Å²) in [6, 6.07) is 25.9. The van der Waals surface area contributed by atoms with E-state index in [2.05, 4.69) is 65.9 Å². The molecule has 2 aromatic carbocycles. The number of aryl methyl sites for hydroxylation is 4. The monoisotopic (exact) mass is 679 g/mol. The maximum atomic E-state index is 4.12. The van der Waals surface area contributed by atoms with Crippen LogP contribution in [0.3, 0.4) is 0 Å². The molecule has 0 fully saturated rings. The Kier molecular flexibility index (Phi) is 10.5. The Balaban J connectivity index is 0.000000156. The van der Waals surface area contributed by atoms with Crippen LogP contribution < -0.4 is 14.2 Å². The molecule has 8 heteroatoms. The van der Waals surface area contributed by atoms with E-state index in [0.717, 1.165) is 22.8 Å². The second kappa shape index (κ2) is 14.0. The molecule has 6 rings (SSSR count). The summed E-state index contributed by atoms with van der Waals surface area (Å²) in [7, 11) is 3.90. The molecule has 0 unspecified atom stereocenters. The van der Waals surface area contributed by atoms with Gasteiger partial charge in [0, 0.05) is 63.0 Å². The fraction of sp³-hybridized carbons (Fsp3) is 0.133. The molecule has 0 saturated heterocycles. The van der Waals surface area contributed by atoms with Crippen molar-refractivity contribution in [1.29, 1.82) is 0 Å². The van der Waals surface area contributed by atoms with Crippen molar-refractivity contribution in [2.75, 3.05) is 0 Å². The second-order valence-corrected chi connectivity index (χ2v) is 8.39. The van der Waals surface area contributed by atoms with E-state index < -0.39 is 0 Å². The van der Waals surface area contributed by atoms with E-state index in [9.17, 15) is 0 Å². The largest absolute Gasteiger partial charge is 0.574 e. The van der Waals surface area contributed by atoms with Crippen LogP contribution >= 0.6 is 0 Å². The van der Waals surface area contributed by atoms with Gasteiger partial charge in [-0.3, -0.25) is 4.98 Å². The molecule has 7 nitrogen and oxygen atoms in total. The molecule has 0 atom stereocenters. The molecule has 0 aliphatic heterocycles. The van der Waals surface area contributed by atoms with Gasteiger partial charge in [-0.25, -0.2) is 0 Å². The van der Waals surface area contributed by atoms with Crippen molar-refractivity contribution < 1.29 is 29.2 Å². The molecule has 0 aliphatic carbocycles. The van der Waals surface area contributed by atoms with E-state index in [1.807, 2.05) is 106 Å². The molecule has 0 bridgehead atoms. The Morgan fingerprint density at radius 3 is 1.74 bits per heavy atom. The second-order valence-electron chi connectivity index (χ2n) is 8.39. The predicted octanol–water partition coefficient (Wildman–Crippen LogP) is 3.52. The Bertz CT molecular complexity index is 1440. The summed E-state index contributed by atoms with van der Waals surface area (Å²) in [5, 5.41) is 7.58. The number of imidazole rings is 2. The summed E-state index contributed by atoms with van der Waals surface area (Å²) in [5.74, 6) is 0. The van der Waals surface area contributed by atoms with E-state index in [4.69, 9.17) is 0 Å². The van der Waals surface area contributed by atoms with Gasteiger partial charge in [-0.05, 0) is 12.1 Å². The van der Waals surface area contributed by atoms with E-state index in [-0.39, 0.29) is 20.1 Å². The molecule has 4 aromatic heterocycles. The minimum Gasteiger partial charge on any atom is -0.574 e. The zero-order valence-corrected chi connectivity index (χ0v) is 24.1. The number of rotatable bonds is 3. The van der Waals surface area contributed by atoms with Gasteiger partial charge in [0.2, 0.25) is 12.7 Å². The average molecular weight is 679 g/mol. The summed E-state index contributed by atoms with van der Waals surface area (Å²) in [6.45, 7) is 4.14. The first kappa shape index (κ1) is 28.4. The fourth-order valence-electron chi connectivity index (χ4n) is 3.36. The molecular weight excluding hydrogens is 651 g/mol. The zero-order chi connectivity index (χ0) is 26.0. The first-order valence-electron chi connectivity index (χ1n) is 11.7. The summed E-state index contributed by atoms with van der Waals surface area (Å²) in [5.41, 5.74) is 6.22. The van der Waals surface area contributed by atoms with Crippen molar-refractivity contribution in [2.24, 2.45) is 14.1 Å². The third kappa shape index (κ3) is 8.20. The van der Waals surface area contributed by atoms with Gasteiger partial charge < -0.3 is 28.5 Å². The summed E-state index contributed by atoms with van der Waals surface area (Å²) < 4.78 is 7.62. The smallest absolute Gasteiger partial charge is 0.241 e. The van der Waals surface area contributed by atoms with Crippen LogP contribution in [0.5, 0.6) is 0 Å². The van der Waals surface area contributed by atoms with E-state index in [0.29, 0.717) is 0 Å². The number of aromatic nitrogens is 7. The third-order valence-electron chi connectivity index (χ3n) is 5.20. The maximum absolute atomic E-state index is 4.12. The van der Waals surface area contributed by atoms with Crippen molar-refractivity contribution in [3.05, 3.63) is 134 Å². The molecule has 0 spiro atoms. The van der Waals surface area contributed by atoms with Gasteiger partial charge in [0.15, 0.2) is 0 Å². The summed E-state index contributed by atoms with van der Waals surface area (Å²) in [6.07, 6.45) is 17.5. The average Bonchev–Trinajstić information content (AvgIpc) is 3.68. The molecule has 38 heavy (non-hydrogen) atoms. The summed E-state index contributed by atoms with van der Waals surface area (Å²) >= 11 is 0. The first-order valence-corrected chi connectivity index (χ1v) is 11.7. The Morgan fingerprint density at radius 2 is 1.34 bits per heavy atom. The SMILES string of the molecule is Cc1cc[c-]c(-n2[c-][n+](C)cc2)c1.Cc1cc[c-]c(-n2[c-][n+](C)cc2)c1.[Ir].c1ccc(-c2ccn[n-]2)nc1. The van der Waals surface area contributed by atoms with Crippen molar-refractivity contribution in [1.82, 2.24) is 24.3 Å². The van der Waals surface area contributed by atoms with Crippen LogP contribution in [0, 0.1) is 38.6 Å². The van der Waals surface area contributed by atoms with Gasteiger partial charge in [-0.15, -0.1) is 0 Å². The van der Waals surface area contributed by atoms with Crippen molar-refractivity contribution >= 4 is 0 Å². The van der Waals surface area contributed by atoms with Crippen LogP contribution in [0.4, 0.5) is 0 Å². The molecule has 4 heterocycles. The maximum Gasteiger partial charge on any atom is 0.241 e. The molecule has 0 N–H and O–H groups in total. The minimum atomic E-state index is 0. The van der Waals surface area contributed by atoms with Crippen LogP contribution in [0.15, 0.2) is 97.8 Å². The van der Waals surface area contributed by atoms with E-state index >= 15 is 0 Å². The first-order chi connectivity index (χ1) is 18.0. The molecule has 0 saturated carbocycles. The molecule has 195 valence electrons. The van der Waals surface area contributed by atoms with Crippen molar-refractivity contribution in [3.8, 4) is 22.8 Å². The number of nitrogens with zero attached hydrogens (tertiary/aromatic N) is 7. The van der Waals surface area contributed by atoms with Crippen LogP contribution in [-0.4, -0.2) is 19.2 Å². The van der Waals surface area contributed by atoms with E-state index in [1.165, 1.54) is 11.1 Å².